The molecular weight excluding hydrogens is 209 g/mol. The first-order valence-electron chi connectivity index (χ1n) is 4.02. The molecule has 0 fully saturated rings. The molecule has 0 aliphatic heterocycles. The largest absolute Gasteiger partial charge is 0.434 e. The normalized spacial score (nSPS) is 11.9. The number of alkyl halides is 3. The molecule has 0 N–H and O–H groups in total. The highest BCUT2D eigenvalue weighted by Crippen LogP contribution is 2.28. The number of nitrogens with zero attached hydrogens (tertiary/aromatic N) is 2. The van der Waals surface area contributed by atoms with E-state index in [0.29, 0.717) is 11.8 Å². The predicted octanol–water partition coefficient (Wildman–Crippen LogP) is 2.17. The summed E-state index contributed by atoms with van der Waals surface area (Å²) >= 11 is 0. The van der Waals surface area contributed by atoms with Crippen LogP contribution < -0.4 is 0 Å². The lowest BCUT2D eigenvalue weighted by Gasteiger charge is -1.98. The van der Waals surface area contributed by atoms with Gasteiger partial charge in [-0.2, -0.15) is 13.2 Å². The molecule has 78 valence electrons. The van der Waals surface area contributed by atoms with Crippen LogP contribution in [0.2, 0.25) is 0 Å². The quantitative estimate of drug-likeness (QED) is 0.682. The van der Waals surface area contributed by atoms with E-state index in [1.807, 2.05) is 0 Å². The summed E-state index contributed by atoms with van der Waals surface area (Å²) in [5, 5.41) is 0. The Kier molecular flexibility index (Phi) is 1.99. The van der Waals surface area contributed by atoms with Crippen LogP contribution in [0, 0.1) is 0 Å². The fraction of sp³-hybridized carbons (Fsp3) is 0.111. The molecule has 0 aliphatic rings. The number of rotatable bonds is 1. The summed E-state index contributed by atoms with van der Waals surface area (Å²) in [7, 11) is 0. The molecule has 0 spiro atoms. The van der Waals surface area contributed by atoms with Gasteiger partial charge in [0.25, 0.3) is 0 Å². The van der Waals surface area contributed by atoms with Crippen molar-refractivity contribution in [1.29, 1.82) is 0 Å². The van der Waals surface area contributed by atoms with E-state index in [9.17, 15) is 18.0 Å². The fourth-order valence-electron chi connectivity index (χ4n) is 1.21. The van der Waals surface area contributed by atoms with Crippen LogP contribution in [0.25, 0.3) is 5.65 Å². The molecule has 6 heteroatoms. The first-order chi connectivity index (χ1) is 7.00. The highest BCUT2D eigenvalue weighted by Gasteiger charge is 2.33. The third-order valence-electron chi connectivity index (χ3n) is 1.91. The van der Waals surface area contributed by atoms with Gasteiger partial charge in [0.1, 0.15) is 11.9 Å². The van der Waals surface area contributed by atoms with Crippen LogP contribution in [0.1, 0.15) is 16.1 Å². The molecule has 0 bridgehead atoms. The summed E-state index contributed by atoms with van der Waals surface area (Å²) in [6.45, 7) is 0. The third-order valence-corrected chi connectivity index (χ3v) is 1.91. The van der Waals surface area contributed by atoms with Gasteiger partial charge in [-0.15, -0.1) is 0 Å². The number of imidazole rings is 1. The summed E-state index contributed by atoms with van der Waals surface area (Å²) in [6.07, 6.45) is -1.67. The van der Waals surface area contributed by atoms with Gasteiger partial charge in [0.05, 0.1) is 0 Å². The second-order valence-electron chi connectivity index (χ2n) is 2.97. The minimum absolute atomic E-state index is 0.104. The average molecular weight is 214 g/mol. The van der Waals surface area contributed by atoms with E-state index in [2.05, 4.69) is 4.98 Å². The Labute approximate surface area is 82.2 Å². The maximum absolute atomic E-state index is 12.3. The second-order valence-corrected chi connectivity index (χ2v) is 2.97. The molecule has 2 heterocycles. The summed E-state index contributed by atoms with van der Waals surface area (Å²) in [5.74, 6) is 0. The maximum Gasteiger partial charge on any atom is 0.434 e. The lowest BCUT2D eigenvalue weighted by Crippen LogP contribution is -2.04. The average Bonchev–Trinajstić information content (AvgIpc) is 2.59. The molecule has 0 saturated carbocycles. The minimum atomic E-state index is -4.46. The Morgan fingerprint density at radius 1 is 1.40 bits per heavy atom. The Bertz CT molecular complexity index is 516. The second kappa shape index (κ2) is 3.08. The van der Waals surface area contributed by atoms with Gasteiger partial charge in [-0.1, -0.05) is 0 Å². The van der Waals surface area contributed by atoms with Gasteiger partial charge in [-0.25, -0.2) is 4.98 Å². The smallest absolute Gasteiger partial charge is 0.306 e. The van der Waals surface area contributed by atoms with Crippen LogP contribution in [0.3, 0.4) is 0 Å². The third kappa shape index (κ3) is 1.70. The van der Waals surface area contributed by atoms with Crippen molar-refractivity contribution in [3.8, 4) is 0 Å². The van der Waals surface area contributed by atoms with Crippen LogP contribution >= 0.6 is 0 Å². The zero-order chi connectivity index (χ0) is 11.1. The van der Waals surface area contributed by atoms with Gasteiger partial charge in [-0.3, -0.25) is 4.79 Å². The van der Waals surface area contributed by atoms with E-state index in [0.717, 1.165) is 6.20 Å². The van der Waals surface area contributed by atoms with Gasteiger partial charge in [-0.05, 0) is 12.1 Å². The number of carbonyl (C=O) groups is 1. The molecule has 0 radical (unpaired) electrons. The SMILES string of the molecule is O=Cc1ccn2cc(C(F)(F)F)nc2c1. The van der Waals surface area contributed by atoms with E-state index >= 15 is 0 Å². The van der Waals surface area contributed by atoms with Crippen molar-refractivity contribution in [2.24, 2.45) is 0 Å². The van der Waals surface area contributed by atoms with E-state index in [1.54, 1.807) is 0 Å². The van der Waals surface area contributed by atoms with Crippen molar-refractivity contribution in [3.63, 3.8) is 0 Å². The molecule has 3 nitrogen and oxygen atoms in total. The number of aldehydes is 1. The van der Waals surface area contributed by atoms with E-state index in [-0.39, 0.29) is 5.65 Å². The van der Waals surface area contributed by atoms with E-state index in [1.165, 1.54) is 22.7 Å². The van der Waals surface area contributed by atoms with E-state index in [4.69, 9.17) is 0 Å². The molecule has 0 atom stereocenters. The molecule has 0 aliphatic carbocycles. The Morgan fingerprint density at radius 2 is 2.13 bits per heavy atom. The van der Waals surface area contributed by atoms with Crippen molar-refractivity contribution in [3.05, 3.63) is 35.8 Å². The zero-order valence-electron chi connectivity index (χ0n) is 7.32. The van der Waals surface area contributed by atoms with E-state index < -0.39 is 11.9 Å². The van der Waals surface area contributed by atoms with Crippen LogP contribution in [-0.4, -0.2) is 15.7 Å². The number of aromatic nitrogens is 2. The highest BCUT2D eigenvalue weighted by molar-refractivity contribution is 5.76. The number of hydrogen-bond donors (Lipinski definition) is 0. The zero-order valence-corrected chi connectivity index (χ0v) is 7.32. The van der Waals surface area contributed by atoms with Crippen molar-refractivity contribution >= 4 is 11.9 Å². The topological polar surface area (TPSA) is 34.4 Å². The monoisotopic (exact) mass is 214 g/mol. The Morgan fingerprint density at radius 3 is 2.73 bits per heavy atom. The number of carbonyl (C=O) groups excluding carboxylic acids is 1. The Balaban J connectivity index is 2.61. The maximum atomic E-state index is 12.3. The van der Waals surface area contributed by atoms with Gasteiger partial charge in [0, 0.05) is 18.0 Å². The number of pyridine rings is 1. The van der Waals surface area contributed by atoms with Crippen LogP contribution in [0.15, 0.2) is 24.5 Å². The molecule has 15 heavy (non-hydrogen) atoms. The van der Waals surface area contributed by atoms with Crippen LogP contribution in [0.5, 0.6) is 0 Å². The first-order valence-corrected chi connectivity index (χ1v) is 4.02. The predicted molar refractivity (Wildman–Crippen MR) is 45.6 cm³/mol. The molecule has 0 aromatic carbocycles. The lowest BCUT2D eigenvalue weighted by atomic mass is 10.3. The van der Waals surface area contributed by atoms with Crippen molar-refractivity contribution < 1.29 is 18.0 Å². The van der Waals surface area contributed by atoms with Gasteiger partial charge < -0.3 is 4.40 Å². The first kappa shape index (κ1) is 9.70. The number of halogens is 3. The van der Waals surface area contributed by atoms with Crippen molar-refractivity contribution in [2.45, 2.75) is 6.18 Å². The van der Waals surface area contributed by atoms with Crippen LogP contribution in [0.4, 0.5) is 13.2 Å². The molecule has 2 aromatic heterocycles. The number of fused-ring (bicyclic) bond motifs is 1. The molecule has 0 unspecified atom stereocenters. The fourth-order valence-corrected chi connectivity index (χ4v) is 1.21. The summed E-state index contributed by atoms with van der Waals surface area (Å²) in [6, 6.07) is 2.71. The molecule has 2 rings (SSSR count). The lowest BCUT2D eigenvalue weighted by molar-refractivity contribution is -0.140. The molecule has 2 aromatic rings. The van der Waals surface area contributed by atoms with Gasteiger partial charge in [0.15, 0.2) is 5.69 Å². The number of hydrogen-bond acceptors (Lipinski definition) is 2. The molecular formula is C9H5F3N2O. The van der Waals surface area contributed by atoms with Gasteiger partial charge in [0.2, 0.25) is 0 Å². The standard InChI is InChI=1S/C9H5F3N2O/c10-9(11,12)7-4-14-2-1-6(5-15)3-8(14)13-7/h1-5H. The Hall–Kier alpha value is -1.85. The van der Waals surface area contributed by atoms with Gasteiger partial charge >= 0.3 is 6.18 Å². The summed E-state index contributed by atoms with van der Waals surface area (Å²) in [5.41, 5.74) is -0.570. The van der Waals surface area contributed by atoms with Crippen molar-refractivity contribution in [2.75, 3.05) is 0 Å². The summed E-state index contributed by atoms with van der Waals surface area (Å²) in [4.78, 5) is 13.8. The van der Waals surface area contributed by atoms with Crippen LogP contribution in [-0.2, 0) is 6.18 Å². The van der Waals surface area contributed by atoms with Crippen molar-refractivity contribution in [1.82, 2.24) is 9.38 Å². The minimum Gasteiger partial charge on any atom is -0.306 e. The molecule has 0 saturated heterocycles. The molecule has 0 amide bonds. The summed E-state index contributed by atoms with van der Waals surface area (Å²) < 4.78 is 38.0. The highest BCUT2D eigenvalue weighted by atomic mass is 19.4.